The van der Waals surface area contributed by atoms with E-state index < -0.39 is 17.7 Å². The number of ketones is 1. The molecule has 3 heterocycles. The number of nitrogens with zero attached hydrogens (tertiary/aromatic N) is 2. The van der Waals surface area contributed by atoms with Crippen molar-refractivity contribution in [2.75, 3.05) is 4.90 Å². The summed E-state index contributed by atoms with van der Waals surface area (Å²) in [7, 11) is 0. The summed E-state index contributed by atoms with van der Waals surface area (Å²) in [6.45, 7) is 1.81. The van der Waals surface area contributed by atoms with Gasteiger partial charge in [0.2, 0.25) is 0 Å². The van der Waals surface area contributed by atoms with Gasteiger partial charge < -0.3 is 14.5 Å². The highest BCUT2D eigenvalue weighted by molar-refractivity contribution is 6.17. The second kappa shape index (κ2) is 7.16. The van der Waals surface area contributed by atoms with Crippen molar-refractivity contribution in [3.8, 4) is 0 Å². The number of hydrogen-bond acceptors (Lipinski definition) is 5. The van der Waals surface area contributed by atoms with Gasteiger partial charge in [0.1, 0.15) is 17.6 Å². The van der Waals surface area contributed by atoms with E-state index in [1.54, 1.807) is 30.6 Å². The first-order valence-corrected chi connectivity index (χ1v) is 10.3. The molecule has 1 aromatic carbocycles. The molecule has 1 amide bonds. The Morgan fingerprint density at radius 3 is 2.73 bits per heavy atom. The molecule has 3 aromatic rings. The molecule has 1 aliphatic heterocycles. The van der Waals surface area contributed by atoms with Crippen molar-refractivity contribution in [1.82, 2.24) is 9.97 Å². The van der Waals surface area contributed by atoms with Crippen LogP contribution in [0.1, 0.15) is 49.7 Å². The fraction of sp³-hybridized carbons (Fsp3) is 0.348. The highest BCUT2D eigenvalue weighted by Crippen LogP contribution is 2.44. The normalized spacial score (nSPS) is 20.5. The van der Waals surface area contributed by atoms with Gasteiger partial charge in [-0.2, -0.15) is 0 Å². The van der Waals surface area contributed by atoms with Crippen LogP contribution in [-0.2, 0) is 9.59 Å². The third-order valence-corrected chi connectivity index (χ3v) is 6.16. The molecule has 1 aliphatic carbocycles. The van der Waals surface area contributed by atoms with Crippen LogP contribution in [0.2, 0.25) is 0 Å². The number of aromatic amines is 1. The Bertz CT molecular complexity index is 1170. The Kier molecular flexibility index (Phi) is 4.46. The molecule has 2 N–H and O–H groups in total. The van der Waals surface area contributed by atoms with E-state index in [1.807, 2.05) is 13.0 Å². The molecule has 0 bridgehead atoms. The van der Waals surface area contributed by atoms with Crippen LogP contribution in [0.4, 0.5) is 5.69 Å². The fourth-order valence-electron chi connectivity index (χ4n) is 4.65. The molecular formula is C23H23N3O4. The summed E-state index contributed by atoms with van der Waals surface area (Å²) in [6, 6.07) is 8.15. The van der Waals surface area contributed by atoms with Crippen molar-refractivity contribution >= 4 is 28.4 Å². The van der Waals surface area contributed by atoms with Gasteiger partial charge in [-0.3, -0.25) is 14.5 Å². The fourth-order valence-corrected chi connectivity index (χ4v) is 4.65. The summed E-state index contributed by atoms with van der Waals surface area (Å²) in [5.41, 5.74) is 2.23. The van der Waals surface area contributed by atoms with E-state index in [1.165, 1.54) is 4.90 Å². The van der Waals surface area contributed by atoms with E-state index in [0.717, 1.165) is 37.6 Å². The van der Waals surface area contributed by atoms with Crippen LogP contribution in [0.3, 0.4) is 0 Å². The van der Waals surface area contributed by atoms with Crippen LogP contribution in [-0.4, -0.2) is 26.8 Å². The Balaban J connectivity index is 1.62. The van der Waals surface area contributed by atoms with Crippen molar-refractivity contribution in [1.29, 1.82) is 0 Å². The maximum atomic E-state index is 13.4. The number of aromatic nitrogens is 2. The topological polar surface area (TPSA) is 99.4 Å². The molecule has 1 saturated carbocycles. The largest absolute Gasteiger partial charge is 0.503 e. The monoisotopic (exact) mass is 405 g/mol. The molecule has 0 spiro atoms. The zero-order valence-electron chi connectivity index (χ0n) is 16.7. The third kappa shape index (κ3) is 2.93. The second-order valence-electron chi connectivity index (χ2n) is 8.09. The first kappa shape index (κ1) is 18.7. The maximum Gasteiger partial charge on any atom is 0.294 e. The molecule has 1 fully saturated rings. The molecule has 2 aliphatic rings. The Labute approximate surface area is 173 Å². The number of carbonyl (C=O) groups is 2. The lowest BCUT2D eigenvalue weighted by Gasteiger charge is -2.27. The van der Waals surface area contributed by atoms with Crippen LogP contribution in [0.5, 0.6) is 0 Å². The number of anilines is 1. The number of aryl methyl sites for hydroxylation is 1. The van der Waals surface area contributed by atoms with Crippen molar-refractivity contribution in [2.24, 2.45) is 5.92 Å². The number of benzene rings is 1. The predicted octanol–water partition coefficient (Wildman–Crippen LogP) is 4.51. The molecule has 2 aromatic heterocycles. The summed E-state index contributed by atoms with van der Waals surface area (Å²) >= 11 is 0. The zero-order chi connectivity index (χ0) is 20.8. The van der Waals surface area contributed by atoms with Crippen molar-refractivity contribution in [2.45, 2.75) is 45.1 Å². The van der Waals surface area contributed by atoms with Crippen LogP contribution in [0, 0.1) is 12.8 Å². The summed E-state index contributed by atoms with van der Waals surface area (Å²) in [6.07, 6.45) is 6.25. The average molecular weight is 405 g/mol. The molecular weight excluding hydrogens is 382 g/mol. The van der Waals surface area contributed by atoms with Crippen LogP contribution in [0.15, 0.2) is 52.4 Å². The molecule has 1 unspecified atom stereocenters. The van der Waals surface area contributed by atoms with Crippen LogP contribution >= 0.6 is 0 Å². The van der Waals surface area contributed by atoms with E-state index in [2.05, 4.69) is 9.97 Å². The van der Waals surface area contributed by atoms with E-state index in [-0.39, 0.29) is 17.3 Å². The zero-order valence-corrected chi connectivity index (χ0v) is 16.7. The van der Waals surface area contributed by atoms with Gasteiger partial charge in [-0.05, 0) is 50.1 Å². The van der Waals surface area contributed by atoms with Gasteiger partial charge in [0, 0.05) is 11.6 Å². The minimum absolute atomic E-state index is 0.142. The highest BCUT2D eigenvalue weighted by atomic mass is 16.3. The van der Waals surface area contributed by atoms with E-state index in [4.69, 9.17) is 4.42 Å². The summed E-state index contributed by atoms with van der Waals surface area (Å²) in [5.74, 6) is -0.254. The number of rotatable bonds is 4. The SMILES string of the molecule is Cc1ccc(C2C(C(=O)C3CCCCC3)=C(O)C(=O)N2c2ccc3[nH]cnc3c2)o1. The Morgan fingerprint density at radius 2 is 2.00 bits per heavy atom. The Hall–Kier alpha value is -3.35. The number of furan rings is 1. The summed E-state index contributed by atoms with van der Waals surface area (Å²) in [4.78, 5) is 35.3. The molecule has 1 atom stereocenters. The number of hydrogen-bond donors (Lipinski definition) is 2. The minimum atomic E-state index is -0.794. The first-order valence-electron chi connectivity index (χ1n) is 10.3. The lowest BCUT2D eigenvalue weighted by Crippen LogP contribution is -2.31. The Morgan fingerprint density at radius 1 is 1.20 bits per heavy atom. The van der Waals surface area contributed by atoms with Crippen molar-refractivity contribution in [3.05, 3.63) is 59.5 Å². The highest BCUT2D eigenvalue weighted by Gasteiger charge is 2.47. The number of carbonyl (C=O) groups excluding carboxylic acids is 2. The number of Topliss-reactive ketones (excluding diaryl/α,β-unsaturated/α-hetero) is 1. The number of fused-ring (bicyclic) bond motifs is 1. The molecule has 0 radical (unpaired) electrons. The van der Waals surface area contributed by atoms with Gasteiger partial charge in [-0.1, -0.05) is 19.3 Å². The smallest absolute Gasteiger partial charge is 0.294 e. The quantitative estimate of drug-likeness (QED) is 0.665. The molecule has 30 heavy (non-hydrogen) atoms. The number of amides is 1. The van der Waals surface area contributed by atoms with Gasteiger partial charge >= 0.3 is 0 Å². The van der Waals surface area contributed by atoms with E-state index in [0.29, 0.717) is 22.7 Å². The van der Waals surface area contributed by atoms with Gasteiger partial charge in [-0.25, -0.2) is 4.98 Å². The van der Waals surface area contributed by atoms with Gasteiger partial charge in [0.15, 0.2) is 11.5 Å². The molecule has 0 saturated heterocycles. The standard InChI is InChI=1S/C23H23N3O4/c1-13-7-10-18(30-13)20-19(21(27)14-5-3-2-4-6-14)22(28)23(29)26(20)15-8-9-16-17(11-15)25-12-24-16/h7-12,14,20,28H,2-6H2,1H3,(H,24,25). The minimum Gasteiger partial charge on any atom is -0.503 e. The molecule has 7 heteroatoms. The third-order valence-electron chi connectivity index (χ3n) is 6.16. The van der Waals surface area contributed by atoms with E-state index >= 15 is 0 Å². The maximum absolute atomic E-state index is 13.4. The van der Waals surface area contributed by atoms with Crippen LogP contribution in [0.25, 0.3) is 11.0 Å². The van der Waals surface area contributed by atoms with Gasteiger partial charge in [0.25, 0.3) is 5.91 Å². The number of aliphatic hydroxyl groups excluding tert-OH is 1. The average Bonchev–Trinajstić information content (AvgIpc) is 3.46. The predicted molar refractivity (Wildman–Crippen MR) is 111 cm³/mol. The van der Waals surface area contributed by atoms with Gasteiger partial charge in [-0.15, -0.1) is 0 Å². The molecule has 7 nitrogen and oxygen atoms in total. The first-order chi connectivity index (χ1) is 14.5. The number of H-pyrrole nitrogens is 1. The van der Waals surface area contributed by atoms with Crippen molar-refractivity contribution in [3.63, 3.8) is 0 Å². The van der Waals surface area contributed by atoms with E-state index in [9.17, 15) is 14.7 Å². The lowest BCUT2D eigenvalue weighted by atomic mass is 9.82. The number of aliphatic hydroxyl groups is 1. The number of nitrogens with one attached hydrogen (secondary N) is 1. The molecule has 5 rings (SSSR count). The number of imidazole rings is 1. The van der Waals surface area contributed by atoms with Gasteiger partial charge in [0.05, 0.1) is 22.9 Å². The summed E-state index contributed by atoms with van der Waals surface area (Å²) < 4.78 is 5.84. The summed E-state index contributed by atoms with van der Waals surface area (Å²) in [5, 5.41) is 10.8. The molecule has 154 valence electrons. The lowest BCUT2D eigenvalue weighted by molar-refractivity contribution is -0.121. The second-order valence-corrected chi connectivity index (χ2v) is 8.09. The van der Waals surface area contributed by atoms with Crippen LogP contribution < -0.4 is 4.90 Å². The van der Waals surface area contributed by atoms with Crippen molar-refractivity contribution < 1.29 is 19.1 Å².